The second-order valence-corrected chi connectivity index (χ2v) is 6.53. The number of hydrogen-bond acceptors (Lipinski definition) is 0. The van der Waals surface area contributed by atoms with Crippen LogP contribution in [0.5, 0.6) is 0 Å². The minimum atomic E-state index is 0.411. The number of rotatable bonds is 3. The minimum Gasteiger partial charge on any atom is -0.0888 e. The highest BCUT2D eigenvalue weighted by Gasteiger charge is 2.46. The van der Waals surface area contributed by atoms with Crippen LogP contribution >= 0.6 is 39.1 Å². The molecule has 0 saturated heterocycles. The molecule has 1 aliphatic carbocycles. The lowest BCUT2D eigenvalue weighted by atomic mass is 9.94. The van der Waals surface area contributed by atoms with Crippen LogP contribution in [0, 0.1) is 5.41 Å². The average Bonchev–Trinajstić information content (AvgIpc) is 2.94. The van der Waals surface area contributed by atoms with Gasteiger partial charge in [0.15, 0.2) is 0 Å². The summed E-state index contributed by atoms with van der Waals surface area (Å²) in [4.78, 5) is 0.542. The Bertz CT molecular complexity index is 370. The van der Waals surface area contributed by atoms with E-state index in [2.05, 4.69) is 28.9 Å². The van der Waals surface area contributed by atoms with Gasteiger partial charge in [-0.25, -0.2) is 0 Å². The molecule has 3 heteroatoms. The van der Waals surface area contributed by atoms with Gasteiger partial charge in [0.25, 0.3) is 0 Å². The quantitative estimate of drug-likeness (QED) is 0.682. The van der Waals surface area contributed by atoms with Crippen LogP contribution in [0.15, 0.2) is 18.2 Å². The van der Waals surface area contributed by atoms with Gasteiger partial charge in [-0.05, 0) is 36.3 Å². The van der Waals surface area contributed by atoms with Gasteiger partial charge in [-0.15, -0.1) is 0 Å². The summed E-state index contributed by atoms with van der Waals surface area (Å²) < 4.78 is 0. The van der Waals surface area contributed by atoms with Crippen molar-refractivity contribution in [2.45, 2.75) is 31.0 Å². The monoisotopic (exact) mass is 306 g/mol. The number of hydrogen-bond donors (Lipinski definition) is 0. The van der Waals surface area contributed by atoms with Gasteiger partial charge in [0.05, 0.1) is 10.0 Å². The van der Waals surface area contributed by atoms with Crippen LogP contribution in [0.2, 0.25) is 10.0 Å². The summed E-state index contributed by atoms with van der Waals surface area (Å²) in [7, 11) is 0. The van der Waals surface area contributed by atoms with Crippen LogP contribution in [0.3, 0.4) is 0 Å². The lowest BCUT2D eigenvalue weighted by Gasteiger charge is -2.19. The van der Waals surface area contributed by atoms with Gasteiger partial charge in [-0.2, -0.15) is 0 Å². The van der Waals surface area contributed by atoms with Crippen LogP contribution in [0.4, 0.5) is 0 Å². The normalized spacial score (nSPS) is 20.0. The van der Waals surface area contributed by atoms with Gasteiger partial charge in [0.1, 0.15) is 0 Å². The molecule has 0 bridgehead atoms. The number of benzene rings is 1. The highest BCUT2D eigenvalue weighted by molar-refractivity contribution is 9.09. The second-order valence-electron chi connectivity index (χ2n) is 4.37. The Morgan fingerprint density at radius 1 is 1.40 bits per heavy atom. The summed E-state index contributed by atoms with van der Waals surface area (Å²) in [5.41, 5.74) is 1.59. The molecule has 1 atom stereocenters. The molecule has 0 nitrogen and oxygen atoms in total. The number of halogens is 3. The van der Waals surface area contributed by atoms with Gasteiger partial charge in [-0.3, -0.25) is 0 Å². The van der Waals surface area contributed by atoms with Crippen molar-refractivity contribution in [1.82, 2.24) is 0 Å². The molecule has 0 aliphatic heterocycles. The average molecular weight is 308 g/mol. The molecular formula is C12H13BrCl2. The first-order valence-electron chi connectivity index (χ1n) is 5.12. The molecule has 1 aromatic carbocycles. The van der Waals surface area contributed by atoms with E-state index in [9.17, 15) is 0 Å². The van der Waals surface area contributed by atoms with Crippen molar-refractivity contribution >= 4 is 39.1 Å². The molecule has 1 aromatic rings. The molecule has 0 amide bonds. The highest BCUT2D eigenvalue weighted by Crippen LogP contribution is 2.54. The number of alkyl halides is 1. The third kappa shape index (κ3) is 2.35. The topological polar surface area (TPSA) is 0 Å². The summed E-state index contributed by atoms with van der Waals surface area (Å²) in [5.74, 6) is 0. The van der Waals surface area contributed by atoms with Crippen molar-refractivity contribution in [1.29, 1.82) is 0 Å². The Balaban J connectivity index is 2.22. The molecule has 0 aromatic heterocycles. The Morgan fingerprint density at radius 2 is 2.07 bits per heavy atom. The molecule has 0 heterocycles. The van der Waals surface area contributed by atoms with Gasteiger partial charge >= 0.3 is 0 Å². The van der Waals surface area contributed by atoms with Crippen molar-refractivity contribution in [2.24, 2.45) is 5.41 Å². The fourth-order valence-corrected chi connectivity index (χ4v) is 2.95. The Labute approximate surface area is 109 Å². The largest absolute Gasteiger partial charge is 0.0888 e. The lowest BCUT2D eigenvalue weighted by Crippen LogP contribution is -2.15. The second kappa shape index (κ2) is 4.27. The van der Waals surface area contributed by atoms with Crippen LogP contribution in [-0.4, -0.2) is 4.83 Å². The van der Waals surface area contributed by atoms with Crippen molar-refractivity contribution in [2.75, 3.05) is 0 Å². The van der Waals surface area contributed by atoms with Crippen LogP contribution in [0.1, 0.15) is 25.3 Å². The first-order valence-corrected chi connectivity index (χ1v) is 6.79. The Morgan fingerprint density at radius 3 is 2.60 bits per heavy atom. The van der Waals surface area contributed by atoms with E-state index in [0.29, 0.717) is 15.3 Å². The zero-order chi connectivity index (χ0) is 11.1. The highest BCUT2D eigenvalue weighted by atomic mass is 79.9. The summed E-state index contributed by atoms with van der Waals surface area (Å²) >= 11 is 15.9. The summed E-state index contributed by atoms with van der Waals surface area (Å²) in [5, 5.41) is 1.38. The van der Waals surface area contributed by atoms with Gasteiger partial charge in [0.2, 0.25) is 0 Å². The SMILES string of the molecule is CC(Br)C1(Cc2cccc(Cl)c2Cl)CC1. The summed E-state index contributed by atoms with van der Waals surface area (Å²) in [6, 6.07) is 5.88. The maximum Gasteiger partial charge on any atom is 0.0624 e. The molecule has 82 valence electrons. The van der Waals surface area contributed by atoms with E-state index in [1.165, 1.54) is 18.4 Å². The van der Waals surface area contributed by atoms with Crippen LogP contribution < -0.4 is 0 Å². The van der Waals surface area contributed by atoms with Crippen molar-refractivity contribution in [3.05, 3.63) is 33.8 Å². The van der Waals surface area contributed by atoms with Crippen molar-refractivity contribution in [3.8, 4) is 0 Å². The van der Waals surface area contributed by atoms with E-state index < -0.39 is 0 Å². The molecule has 1 aliphatic rings. The Hall–Kier alpha value is 0.280. The van der Waals surface area contributed by atoms with Crippen LogP contribution in [0.25, 0.3) is 0 Å². The predicted octanol–water partition coefficient (Wildman–Crippen LogP) is 5.10. The van der Waals surface area contributed by atoms with E-state index in [-0.39, 0.29) is 0 Å². The molecule has 0 N–H and O–H groups in total. The van der Waals surface area contributed by atoms with Gasteiger partial charge < -0.3 is 0 Å². The van der Waals surface area contributed by atoms with E-state index in [1.807, 2.05) is 12.1 Å². The molecule has 1 unspecified atom stereocenters. The fraction of sp³-hybridized carbons (Fsp3) is 0.500. The lowest BCUT2D eigenvalue weighted by molar-refractivity contribution is 0.509. The maximum atomic E-state index is 6.18. The molecule has 1 fully saturated rings. The third-order valence-corrected chi connectivity index (χ3v) is 5.14. The molecule has 0 radical (unpaired) electrons. The predicted molar refractivity (Wildman–Crippen MR) is 70.2 cm³/mol. The summed E-state index contributed by atoms with van der Waals surface area (Å²) in [6.07, 6.45) is 3.59. The van der Waals surface area contributed by atoms with E-state index in [0.717, 1.165) is 11.4 Å². The molecular weight excluding hydrogens is 295 g/mol. The molecule has 15 heavy (non-hydrogen) atoms. The van der Waals surface area contributed by atoms with E-state index in [1.54, 1.807) is 0 Å². The summed E-state index contributed by atoms with van der Waals surface area (Å²) in [6.45, 7) is 2.21. The van der Waals surface area contributed by atoms with Crippen molar-refractivity contribution < 1.29 is 0 Å². The Kier molecular flexibility index (Phi) is 3.35. The smallest absolute Gasteiger partial charge is 0.0624 e. The third-order valence-electron chi connectivity index (χ3n) is 3.31. The zero-order valence-corrected chi connectivity index (χ0v) is 11.7. The minimum absolute atomic E-state index is 0.411. The first-order chi connectivity index (χ1) is 7.05. The maximum absolute atomic E-state index is 6.18. The van der Waals surface area contributed by atoms with Crippen molar-refractivity contribution in [3.63, 3.8) is 0 Å². The zero-order valence-electron chi connectivity index (χ0n) is 8.56. The van der Waals surface area contributed by atoms with E-state index >= 15 is 0 Å². The van der Waals surface area contributed by atoms with E-state index in [4.69, 9.17) is 23.2 Å². The van der Waals surface area contributed by atoms with Crippen LogP contribution in [-0.2, 0) is 6.42 Å². The molecule has 2 rings (SSSR count). The first kappa shape index (κ1) is 11.8. The fourth-order valence-electron chi connectivity index (χ4n) is 1.94. The standard InChI is InChI=1S/C12H13BrCl2/c1-8(13)12(5-6-12)7-9-3-2-4-10(14)11(9)15/h2-4,8H,5-7H2,1H3. The molecule has 1 saturated carbocycles. The molecule has 0 spiro atoms. The van der Waals surface area contributed by atoms with Gasteiger partial charge in [-0.1, -0.05) is 58.2 Å². The van der Waals surface area contributed by atoms with Gasteiger partial charge in [0, 0.05) is 4.83 Å².